The average molecular weight is 430 g/mol. The Bertz CT molecular complexity index is 999. The van der Waals surface area contributed by atoms with Crippen LogP contribution >= 0.6 is 12.2 Å². The Balaban J connectivity index is 2.00. The zero-order chi connectivity index (χ0) is 21.8. The van der Waals surface area contributed by atoms with Crippen molar-refractivity contribution in [3.05, 3.63) is 63.0 Å². The van der Waals surface area contributed by atoms with E-state index in [1.807, 2.05) is 11.8 Å². The number of hydrogen-bond donors (Lipinski definition) is 2. The summed E-state index contributed by atoms with van der Waals surface area (Å²) in [7, 11) is 0. The summed E-state index contributed by atoms with van der Waals surface area (Å²) in [6, 6.07) is 7.15. The van der Waals surface area contributed by atoms with E-state index < -0.39 is 11.0 Å². The summed E-state index contributed by atoms with van der Waals surface area (Å²) in [5.74, 6) is 0.546. The quantitative estimate of drug-likeness (QED) is 0.388. The van der Waals surface area contributed by atoms with Crippen molar-refractivity contribution in [2.45, 2.75) is 39.7 Å². The molecule has 0 spiro atoms. The third-order valence-electron chi connectivity index (χ3n) is 4.88. The number of nitrogens with zero attached hydrogens (tertiary/aromatic N) is 3. The molecule has 0 bridgehead atoms. The molecule has 1 aromatic carbocycles. The van der Waals surface area contributed by atoms with Crippen molar-refractivity contribution in [1.82, 2.24) is 15.4 Å². The lowest BCUT2D eigenvalue weighted by Crippen LogP contribution is -2.48. The highest BCUT2D eigenvalue weighted by molar-refractivity contribution is 7.80. The average Bonchev–Trinajstić information content (AvgIpc) is 3.11. The first-order valence-electron chi connectivity index (χ1n) is 9.59. The number of nitrogens with one attached hydrogen (secondary N) is 2. The number of aryl methyl sites for hydroxylation is 1. The van der Waals surface area contributed by atoms with Gasteiger partial charge >= 0.3 is 0 Å². The minimum absolute atomic E-state index is 0.0218. The van der Waals surface area contributed by atoms with Gasteiger partial charge in [-0.2, -0.15) is 0 Å². The van der Waals surface area contributed by atoms with Gasteiger partial charge in [-0.3, -0.25) is 14.9 Å². The molecule has 1 unspecified atom stereocenters. The molecule has 2 heterocycles. The fourth-order valence-electron chi connectivity index (χ4n) is 3.31. The number of non-ortho nitro benzene ring substituents is 1. The second-order valence-electron chi connectivity index (χ2n) is 7.01. The van der Waals surface area contributed by atoms with Gasteiger partial charge in [0.05, 0.1) is 16.5 Å². The molecule has 0 radical (unpaired) electrons. The van der Waals surface area contributed by atoms with Crippen LogP contribution < -0.4 is 10.6 Å². The largest absolute Gasteiger partial charge is 0.360 e. The van der Waals surface area contributed by atoms with Gasteiger partial charge in [0, 0.05) is 30.4 Å². The molecule has 2 N–H and O–H groups in total. The second-order valence-corrected chi connectivity index (χ2v) is 7.40. The van der Waals surface area contributed by atoms with Crippen LogP contribution in [0.4, 0.5) is 11.5 Å². The molecular formula is C20H23N5O4S. The maximum Gasteiger partial charge on any atom is 0.269 e. The first kappa shape index (κ1) is 21.4. The van der Waals surface area contributed by atoms with Gasteiger partial charge in [0.2, 0.25) is 0 Å². The highest BCUT2D eigenvalue weighted by Gasteiger charge is 2.34. The summed E-state index contributed by atoms with van der Waals surface area (Å²) in [5.41, 5.74) is 1.87. The summed E-state index contributed by atoms with van der Waals surface area (Å²) < 4.78 is 5.03. The first-order chi connectivity index (χ1) is 14.3. The zero-order valence-electron chi connectivity index (χ0n) is 17.0. The molecular weight excluding hydrogens is 406 g/mol. The van der Waals surface area contributed by atoms with Gasteiger partial charge in [-0.05, 0) is 50.2 Å². The van der Waals surface area contributed by atoms with Crippen LogP contribution in [-0.2, 0) is 4.79 Å². The number of rotatable bonds is 7. The second kappa shape index (κ2) is 9.04. The predicted molar refractivity (Wildman–Crippen MR) is 116 cm³/mol. The smallest absolute Gasteiger partial charge is 0.269 e. The topological polar surface area (TPSA) is 114 Å². The molecule has 3 rings (SSSR count). The van der Waals surface area contributed by atoms with Gasteiger partial charge in [0.1, 0.15) is 5.76 Å². The minimum atomic E-state index is -0.552. The number of allylic oxidation sites excluding steroid dienone is 1. The fourth-order valence-corrected chi connectivity index (χ4v) is 3.65. The molecule has 9 nitrogen and oxygen atoms in total. The Kier molecular flexibility index (Phi) is 6.46. The van der Waals surface area contributed by atoms with Crippen LogP contribution in [0.5, 0.6) is 0 Å². The van der Waals surface area contributed by atoms with Crippen LogP contribution in [0, 0.1) is 17.0 Å². The molecule has 1 aliphatic rings. The number of anilines is 1. The number of hydrogen-bond acceptors (Lipinski definition) is 6. The monoisotopic (exact) mass is 429 g/mol. The number of aromatic nitrogens is 1. The van der Waals surface area contributed by atoms with Gasteiger partial charge in [0.15, 0.2) is 10.9 Å². The number of nitro groups is 1. The third kappa shape index (κ3) is 4.48. The predicted octanol–water partition coefficient (Wildman–Crippen LogP) is 3.84. The van der Waals surface area contributed by atoms with Gasteiger partial charge in [-0.15, -0.1) is 0 Å². The normalized spacial score (nSPS) is 16.4. The molecule has 0 saturated carbocycles. The molecule has 1 amide bonds. The van der Waals surface area contributed by atoms with Crippen LogP contribution in [-0.4, -0.2) is 32.5 Å². The van der Waals surface area contributed by atoms with Gasteiger partial charge in [-0.25, -0.2) is 0 Å². The van der Waals surface area contributed by atoms with Crippen molar-refractivity contribution in [1.29, 1.82) is 0 Å². The van der Waals surface area contributed by atoms with Crippen molar-refractivity contribution in [2.24, 2.45) is 0 Å². The van der Waals surface area contributed by atoms with Crippen molar-refractivity contribution in [2.75, 3.05) is 11.9 Å². The maximum atomic E-state index is 13.2. The summed E-state index contributed by atoms with van der Waals surface area (Å²) in [4.78, 5) is 25.6. The summed E-state index contributed by atoms with van der Waals surface area (Å²) in [6.07, 6.45) is 1.90. The lowest BCUT2D eigenvalue weighted by atomic mass is 9.94. The number of thiocarbonyl (C=S) groups is 1. The van der Waals surface area contributed by atoms with E-state index >= 15 is 0 Å². The van der Waals surface area contributed by atoms with Gasteiger partial charge < -0.3 is 20.1 Å². The molecule has 0 aliphatic carbocycles. The van der Waals surface area contributed by atoms with Crippen LogP contribution in [0.2, 0.25) is 0 Å². The van der Waals surface area contributed by atoms with E-state index in [0.717, 1.165) is 18.5 Å². The molecule has 10 heteroatoms. The van der Waals surface area contributed by atoms with E-state index in [1.54, 1.807) is 25.1 Å². The van der Waals surface area contributed by atoms with E-state index in [0.29, 0.717) is 34.4 Å². The molecule has 2 aromatic rings. The summed E-state index contributed by atoms with van der Waals surface area (Å²) in [5, 5.41) is 21.3. The van der Waals surface area contributed by atoms with E-state index in [9.17, 15) is 14.9 Å². The van der Waals surface area contributed by atoms with Crippen molar-refractivity contribution in [3.63, 3.8) is 0 Å². The van der Waals surface area contributed by atoms with E-state index in [1.165, 1.54) is 12.1 Å². The Morgan fingerprint density at radius 1 is 1.37 bits per heavy atom. The number of carbonyl (C=O) groups excluding carboxylic acids is 1. The molecule has 30 heavy (non-hydrogen) atoms. The Morgan fingerprint density at radius 3 is 2.63 bits per heavy atom. The Labute approximate surface area is 179 Å². The molecule has 1 aliphatic heterocycles. The van der Waals surface area contributed by atoms with Crippen molar-refractivity contribution < 1.29 is 14.2 Å². The zero-order valence-corrected chi connectivity index (χ0v) is 17.8. The number of amides is 1. The third-order valence-corrected chi connectivity index (χ3v) is 5.22. The van der Waals surface area contributed by atoms with Gasteiger partial charge in [-0.1, -0.05) is 18.5 Å². The van der Waals surface area contributed by atoms with Crippen LogP contribution in [0.15, 0.2) is 46.1 Å². The van der Waals surface area contributed by atoms with Crippen LogP contribution in [0.1, 0.15) is 44.1 Å². The Hall–Kier alpha value is -3.27. The van der Waals surface area contributed by atoms with Crippen LogP contribution in [0.25, 0.3) is 0 Å². The highest BCUT2D eigenvalue weighted by atomic mass is 32.1. The van der Waals surface area contributed by atoms with Crippen molar-refractivity contribution >= 4 is 34.7 Å². The number of unbranched alkanes of at least 4 members (excludes halogenated alkanes) is 1. The SMILES string of the molecule is CCCCN1C(=S)NC(c2ccc([N+](=O)[O-])cc2)C(C(=O)Nc2cc(C)on2)=C1C. The van der Waals surface area contributed by atoms with Gasteiger partial charge in [0.25, 0.3) is 11.6 Å². The van der Waals surface area contributed by atoms with E-state index in [-0.39, 0.29) is 11.6 Å². The first-order valence-corrected chi connectivity index (χ1v) is 10.0. The van der Waals surface area contributed by atoms with Crippen LogP contribution in [0.3, 0.4) is 0 Å². The molecule has 158 valence electrons. The molecule has 1 atom stereocenters. The lowest BCUT2D eigenvalue weighted by molar-refractivity contribution is -0.384. The Morgan fingerprint density at radius 2 is 2.07 bits per heavy atom. The van der Waals surface area contributed by atoms with Crippen molar-refractivity contribution in [3.8, 4) is 0 Å². The van der Waals surface area contributed by atoms with E-state index in [2.05, 4.69) is 22.7 Å². The minimum Gasteiger partial charge on any atom is -0.360 e. The molecule has 1 aromatic heterocycles. The summed E-state index contributed by atoms with van der Waals surface area (Å²) in [6.45, 7) is 6.35. The highest BCUT2D eigenvalue weighted by Crippen LogP contribution is 2.32. The number of nitro benzene ring substituents is 1. The summed E-state index contributed by atoms with van der Waals surface area (Å²) >= 11 is 5.55. The standard InChI is InChI=1S/C20H23N5O4S/c1-4-5-10-24-13(3)17(19(26)21-16-11-12(2)29-23-16)18(22-20(24)30)14-6-8-15(9-7-14)25(27)28/h6-9,11,18H,4-5,10H2,1-3H3,(H,22,30)(H,21,23,26). The molecule has 0 saturated heterocycles. The number of carbonyl (C=O) groups is 1. The maximum absolute atomic E-state index is 13.2. The lowest BCUT2D eigenvalue weighted by Gasteiger charge is -2.37. The van der Waals surface area contributed by atoms with E-state index in [4.69, 9.17) is 16.7 Å². The number of benzene rings is 1. The molecule has 0 fully saturated rings. The fraction of sp³-hybridized carbons (Fsp3) is 0.350.